The van der Waals surface area contributed by atoms with Crippen LogP contribution in [0, 0.1) is 22.5 Å². The number of ketones is 2. The summed E-state index contributed by atoms with van der Waals surface area (Å²) in [5, 5.41) is 0. The SMILES string of the molecule is CC(C)(C)C(=O)c1ccc(CC(N)Cc2ccc(C(=O)C(C)(C)C)cc2F)c(F)c1.Cl. The third kappa shape index (κ3) is 6.94. The number of Topliss-reactive ketones (excluding diaryl/α,β-unsaturated/α-hetero) is 2. The Kier molecular flexibility index (Phi) is 8.69. The van der Waals surface area contributed by atoms with Gasteiger partial charge in [0, 0.05) is 28.0 Å². The van der Waals surface area contributed by atoms with Crippen LogP contribution in [0.3, 0.4) is 0 Å². The second-order valence-corrected chi connectivity index (χ2v) is 9.94. The summed E-state index contributed by atoms with van der Waals surface area (Å²) in [5.74, 6) is -1.26. The van der Waals surface area contributed by atoms with Crippen LogP contribution in [0.5, 0.6) is 0 Å². The van der Waals surface area contributed by atoms with E-state index in [1.54, 1.807) is 65.8 Å². The van der Waals surface area contributed by atoms with Gasteiger partial charge in [0.25, 0.3) is 0 Å². The normalized spacial score (nSPS) is 11.9. The Bertz CT molecular complexity index is 881. The van der Waals surface area contributed by atoms with Crippen molar-refractivity contribution in [3.05, 3.63) is 70.3 Å². The minimum absolute atomic E-state index is 0. The number of halogens is 3. The number of nitrogens with two attached hydrogens (primary N) is 1. The van der Waals surface area contributed by atoms with Crippen LogP contribution >= 0.6 is 12.4 Å². The van der Waals surface area contributed by atoms with Gasteiger partial charge in [-0.15, -0.1) is 12.4 Å². The van der Waals surface area contributed by atoms with Gasteiger partial charge >= 0.3 is 0 Å². The average Bonchev–Trinajstić information content (AvgIpc) is 2.62. The molecule has 0 saturated carbocycles. The van der Waals surface area contributed by atoms with E-state index in [1.807, 2.05) is 0 Å². The largest absolute Gasteiger partial charge is 0.327 e. The van der Waals surface area contributed by atoms with Gasteiger partial charge in [-0.25, -0.2) is 8.78 Å². The molecule has 2 N–H and O–H groups in total. The standard InChI is InChI=1S/C25H31F2NO2.ClH/c1-24(2,3)22(29)17-9-7-15(20(26)13-17)11-19(28)12-16-8-10-18(14-21(16)27)23(30)25(4,5)6;/h7-10,13-14,19H,11-12,28H2,1-6H3;1H. The molecule has 0 unspecified atom stereocenters. The molecule has 0 saturated heterocycles. The molecule has 2 rings (SSSR count). The summed E-state index contributed by atoms with van der Waals surface area (Å²) in [6.07, 6.45) is 0.413. The van der Waals surface area contributed by atoms with Gasteiger partial charge in [-0.1, -0.05) is 65.8 Å². The van der Waals surface area contributed by atoms with Crippen LogP contribution in [-0.2, 0) is 12.8 Å². The van der Waals surface area contributed by atoms with E-state index in [-0.39, 0.29) is 36.8 Å². The van der Waals surface area contributed by atoms with Crippen LogP contribution in [0.25, 0.3) is 0 Å². The Morgan fingerprint density at radius 1 is 0.774 bits per heavy atom. The van der Waals surface area contributed by atoms with Gasteiger partial charge in [-0.05, 0) is 36.1 Å². The first kappa shape index (κ1) is 26.9. The molecule has 170 valence electrons. The zero-order chi connectivity index (χ0) is 22.9. The molecule has 0 bridgehead atoms. The topological polar surface area (TPSA) is 60.2 Å². The summed E-state index contributed by atoms with van der Waals surface area (Å²) in [7, 11) is 0. The molecule has 0 amide bonds. The molecule has 2 aromatic carbocycles. The molecule has 6 heteroatoms. The smallest absolute Gasteiger partial charge is 0.168 e. The van der Waals surface area contributed by atoms with E-state index in [0.717, 1.165) is 0 Å². The molecule has 2 aromatic rings. The predicted molar refractivity (Wildman–Crippen MR) is 123 cm³/mol. The molecule has 0 spiro atoms. The molecule has 0 aliphatic heterocycles. The van der Waals surface area contributed by atoms with Gasteiger partial charge < -0.3 is 5.73 Å². The first-order chi connectivity index (χ1) is 13.7. The predicted octanol–water partition coefficient (Wildman–Crippen LogP) is 5.96. The van der Waals surface area contributed by atoms with Crippen molar-refractivity contribution in [1.29, 1.82) is 0 Å². The minimum atomic E-state index is -0.595. The van der Waals surface area contributed by atoms with Crippen LogP contribution < -0.4 is 5.73 Å². The van der Waals surface area contributed by atoms with Crippen molar-refractivity contribution in [3.8, 4) is 0 Å². The Morgan fingerprint density at radius 3 is 1.35 bits per heavy atom. The maximum atomic E-state index is 14.5. The molecule has 0 aliphatic carbocycles. The Morgan fingerprint density at radius 2 is 1.10 bits per heavy atom. The van der Waals surface area contributed by atoms with Crippen molar-refractivity contribution in [2.45, 2.75) is 60.4 Å². The summed E-state index contributed by atoms with van der Waals surface area (Å²) in [4.78, 5) is 24.6. The van der Waals surface area contributed by atoms with Gasteiger partial charge in [-0.3, -0.25) is 9.59 Å². The molecule has 0 radical (unpaired) electrons. The van der Waals surface area contributed by atoms with E-state index in [0.29, 0.717) is 22.3 Å². The Labute approximate surface area is 189 Å². The van der Waals surface area contributed by atoms with Crippen molar-refractivity contribution >= 4 is 24.0 Å². The summed E-state index contributed by atoms with van der Waals surface area (Å²) in [5.41, 5.74) is 6.36. The van der Waals surface area contributed by atoms with Gasteiger partial charge in [-0.2, -0.15) is 0 Å². The fourth-order valence-corrected chi connectivity index (χ4v) is 3.21. The molecular weight excluding hydrogens is 420 g/mol. The molecule has 0 fully saturated rings. The first-order valence-corrected chi connectivity index (χ1v) is 10.1. The maximum absolute atomic E-state index is 14.5. The van der Waals surface area contributed by atoms with E-state index in [1.165, 1.54) is 12.1 Å². The molecule has 31 heavy (non-hydrogen) atoms. The van der Waals surface area contributed by atoms with Crippen LogP contribution in [-0.4, -0.2) is 17.6 Å². The van der Waals surface area contributed by atoms with E-state index in [2.05, 4.69) is 0 Å². The molecule has 0 heterocycles. The molecule has 3 nitrogen and oxygen atoms in total. The van der Waals surface area contributed by atoms with Gasteiger partial charge in [0.05, 0.1) is 0 Å². The van der Waals surface area contributed by atoms with Crippen molar-refractivity contribution in [3.63, 3.8) is 0 Å². The third-order valence-electron chi connectivity index (χ3n) is 4.96. The van der Waals surface area contributed by atoms with Crippen molar-refractivity contribution in [1.82, 2.24) is 0 Å². The van der Waals surface area contributed by atoms with Crippen LogP contribution in [0.15, 0.2) is 36.4 Å². The van der Waals surface area contributed by atoms with Crippen LogP contribution in [0.1, 0.15) is 73.4 Å². The highest BCUT2D eigenvalue weighted by molar-refractivity contribution is 6.00. The molecule has 0 atom stereocenters. The number of benzene rings is 2. The number of carbonyl (C=O) groups is 2. The van der Waals surface area contributed by atoms with E-state index < -0.39 is 28.5 Å². The monoisotopic (exact) mass is 451 g/mol. The van der Waals surface area contributed by atoms with Crippen molar-refractivity contribution in [2.24, 2.45) is 16.6 Å². The summed E-state index contributed by atoms with van der Waals surface area (Å²) in [6, 6.07) is 8.30. The third-order valence-corrected chi connectivity index (χ3v) is 4.96. The Balaban J connectivity index is 0.00000480. The van der Waals surface area contributed by atoms with Crippen LogP contribution in [0.4, 0.5) is 8.78 Å². The summed E-state index contributed by atoms with van der Waals surface area (Å²) >= 11 is 0. The lowest BCUT2D eigenvalue weighted by atomic mass is 9.85. The fraction of sp³-hybridized carbons (Fsp3) is 0.440. The highest BCUT2D eigenvalue weighted by atomic mass is 35.5. The summed E-state index contributed by atoms with van der Waals surface area (Å²) < 4.78 is 29.0. The van der Waals surface area contributed by atoms with E-state index in [4.69, 9.17) is 5.73 Å². The van der Waals surface area contributed by atoms with E-state index in [9.17, 15) is 18.4 Å². The second-order valence-electron chi connectivity index (χ2n) is 9.94. The lowest BCUT2D eigenvalue weighted by Crippen LogP contribution is -2.27. The number of carbonyl (C=O) groups excluding carboxylic acids is 2. The van der Waals surface area contributed by atoms with Gasteiger partial charge in [0.1, 0.15) is 11.6 Å². The molecule has 0 aromatic heterocycles. The molecule has 0 aliphatic rings. The fourth-order valence-electron chi connectivity index (χ4n) is 3.21. The number of rotatable bonds is 6. The Hall–Kier alpha value is -2.11. The minimum Gasteiger partial charge on any atom is -0.327 e. The molecular formula is C25H32ClF2NO2. The highest BCUT2D eigenvalue weighted by Crippen LogP contribution is 2.24. The lowest BCUT2D eigenvalue weighted by molar-refractivity contribution is 0.0852. The second kappa shape index (κ2) is 10.0. The van der Waals surface area contributed by atoms with E-state index >= 15 is 0 Å². The zero-order valence-electron chi connectivity index (χ0n) is 19.0. The zero-order valence-corrected chi connectivity index (χ0v) is 19.8. The highest BCUT2D eigenvalue weighted by Gasteiger charge is 2.25. The number of hydrogen-bond donors (Lipinski definition) is 1. The maximum Gasteiger partial charge on any atom is 0.168 e. The van der Waals surface area contributed by atoms with Gasteiger partial charge in [0.15, 0.2) is 11.6 Å². The average molecular weight is 452 g/mol. The quantitative estimate of drug-likeness (QED) is 0.551. The lowest BCUT2D eigenvalue weighted by Gasteiger charge is -2.18. The van der Waals surface area contributed by atoms with Crippen molar-refractivity contribution < 1.29 is 18.4 Å². The van der Waals surface area contributed by atoms with Gasteiger partial charge in [0.2, 0.25) is 0 Å². The summed E-state index contributed by atoms with van der Waals surface area (Å²) in [6.45, 7) is 10.7. The number of hydrogen-bond acceptors (Lipinski definition) is 3. The van der Waals surface area contributed by atoms with Crippen molar-refractivity contribution in [2.75, 3.05) is 0 Å². The van der Waals surface area contributed by atoms with Crippen LogP contribution in [0.2, 0.25) is 0 Å². The first-order valence-electron chi connectivity index (χ1n) is 10.1.